The Morgan fingerprint density at radius 2 is 2.00 bits per heavy atom. The molecule has 33 heavy (non-hydrogen) atoms. The number of rotatable bonds is 5. The fraction of sp³-hybridized carbons (Fsp3) is 0.333. The van der Waals surface area contributed by atoms with Gasteiger partial charge in [0.1, 0.15) is 11.7 Å². The Bertz CT molecular complexity index is 1250. The van der Waals surface area contributed by atoms with Crippen LogP contribution < -0.4 is 16.2 Å². The number of para-hydroxylation sites is 1. The van der Waals surface area contributed by atoms with E-state index in [1.807, 2.05) is 26.0 Å². The molecule has 1 atom stereocenters. The molecule has 0 radical (unpaired) electrons. The number of hydrogen-bond acceptors (Lipinski definition) is 7. The number of hydrogen-bond donors (Lipinski definition) is 3. The van der Waals surface area contributed by atoms with Crippen LogP contribution in [-0.2, 0) is 4.74 Å². The quantitative estimate of drug-likeness (QED) is 0.539. The lowest BCUT2D eigenvalue weighted by molar-refractivity contribution is 0.0698. The summed E-state index contributed by atoms with van der Waals surface area (Å²) in [5, 5.41) is 24.7. The zero-order valence-corrected chi connectivity index (χ0v) is 18.9. The van der Waals surface area contributed by atoms with Gasteiger partial charge in [-0.2, -0.15) is 5.26 Å². The molecule has 3 N–H and O–H groups in total. The second-order valence-electron chi connectivity index (χ2n) is 7.71. The zero-order chi connectivity index (χ0) is 24.0. The molecule has 9 nitrogen and oxygen atoms in total. The lowest BCUT2D eigenvalue weighted by Gasteiger charge is -2.20. The van der Waals surface area contributed by atoms with E-state index in [0.29, 0.717) is 16.9 Å². The van der Waals surface area contributed by atoms with Gasteiger partial charge in [0.15, 0.2) is 11.4 Å². The molecule has 1 saturated heterocycles. The fourth-order valence-electron chi connectivity index (χ4n) is 3.62. The third-order valence-electron chi connectivity index (χ3n) is 5.26. The second kappa shape index (κ2) is 10.6. The van der Waals surface area contributed by atoms with Crippen molar-refractivity contribution in [2.75, 3.05) is 30.9 Å². The van der Waals surface area contributed by atoms with E-state index in [1.54, 1.807) is 31.4 Å². The Morgan fingerprint density at radius 3 is 2.58 bits per heavy atom. The minimum Gasteiger partial charge on any atom is -0.478 e. The van der Waals surface area contributed by atoms with Gasteiger partial charge in [0, 0.05) is 37.7 Å². The number of nitrogens with one attached hydrogen (secondary N) is 2. The van der Waals surface area contributed by atoms with Crippen LogP contribution in [0.15, 0.2) is 41.3 Å². The van der Waals surface area contributed by atoms with Gasteiger partial charge in [-0.15, -0.1) is 0 Å². The molecule has 0 bridgehead atoms. The molecule has 1 fully saturated rings. The van der Waals surface area contributed by atoms with E-state index in [0.717, 1.165) is 18.8 Å². The average molecular weight is 450 g/mol. The summed E-state index contributed by atoms with van der Waals surface area (Å²) in [6.45, 7) is 5.70. The van der Waals surface area contributed by atoms with Gasteiger partial charge in [-0.1, -0.05) is 12.1 Å². The van der Waals surface area contributed by atoms with Gasteiger partial charge < -0.3 is 20.5 Å². The molecule has 1 unspecified atom stereocenters. The molecule has 1 aromatic carbocycles. The van der Waals surface area contributed by atoms with Crippen LogP contribution in [0.3, 0.4) is 0 Å². The number of pyridine rings is 1. The minimum atomic E-state index is -1.03. The summed E-state index contributed by atoms with van der Waals surface area (Å²) < 4.78 is 6.30. The third-order valence-corrected chi connectivity index (χ3v) is 5.26. The van der Waals surface area contributed by atoms with Crippen LogP contribution in [0.25, 0.3) is 5.65 Å². The van der Waals surface area contributed by atoms with Crippen molar-refractivity contribution in [3.05, 3.63) is 69.1 Å². The molecule has 3 heterocycles. The number of anilines is 2. The Kier molecular flexibility index (Phi) is 7.64. The molecule has 0 spiro atoms. The molecular formula is C24H27N5O4. The van der Waals surface area contributed by atoms with E-state index in [-0.39, 0.29) is 23.0 Å². The van der Waals surface area contributed by atoms with Gasteiger partial charge >= 0.3 is 5.97 Å². The summed E-state index contributed by atoms with van der Waals surface area (Å²) >= 11 is 0. The predicted molar refractivity (Wildman–Crippen MR) is 126 cm³/mol. The maximum absolute atomic E-state index is 12.7. The number of carboxylic acids is 1. The highest BCUT2D eigenvalue weighted by atomic mass is 16.5. The van der Waals surface area contributed by atoms with Crippen LogP contribution in [0, 0.1) is 18.3 Å². The van der Waals surface area contributed by atoms with E-state index < -0.39 is 11.5 Å². The summed E-state index contributed by atoms with van der Waals surface area (Å²) in [5.74, 6) is -0.828. The molecule has 2 aromatic heterocycles. The Hall–Kier alpha value is -3.90. The smallest absolute Gasteiger partial charge is 0.337 e. The number of nitrogens with zero attached hydrogens (tertiary/aromatic N) is 3. The molecule has 0 aliphatic carbocycles. The molecule has 0 amide bonds. The first-order valence-electron chi connectivity index (χ1n) is 10.7. The largest absolute Gasteiger partial charge is 0.478 e. The standard InChI is InChI=1S/C20H19N5O3.C4H8O/c1-11-8-14(12(2)23-16-7-5-4-6-13(16)20(27)28)18-24-17(22-3)15(9-21)19(26)25(18)10-11;1-2-4-5-3-1/h4-8,10,12,22-23H,1-3H3,(H,27,28);1-4H2. The summed E-state index contributed by atoms with van der Waals surface area (Å²) in [4.78, 5) is 28.7. The Balaban J connectivity index is 0.000000541. The fourth-order valence-corrected chi connectivity index (χ4v) is 3.62. The molecule has 172 valence electrons. The number of benzene rings is 1. The van der Waals surface area contributed by atoms with Crippen molar-refractivity contribution in [1.82, 2.24) is 9.38 Å². The van der Waals surface area contributed by atoms with Gasteiger partial charge in [0.2, 0.25) is 0 Å². The molecule has 9 heteroatoms. The normalized spacial score (nSPS) is 13.5. The Morgan fingerprint density at radius 1 is 1.30 bits per heavy atom. The van der Waals surface area contributed by atoms with Crippen LogP contribution in [-0.4, -0.2) is 40.7 Å². The summed E-state index contributed by atoms with van der Waals surface area (Å²) in [5.41, 5.74) is 2.01. The lowest BCUT2D eigenvalue weighted by atomic mass is 10.1. The molecule has 0 saturated carbocycles. The van der Waals surface area contributed by atoms with Crippen molar-refractivity contribution in [1.29, 1.82) is 5.26 Å². The van der Waals surface area contributed by atoms with Gasteiger partial charge in [-0.05, 0) is 50.5 Å². The van der Waals surface area contributed by atoms with Gasteiger partial charge in [-0.25, -0.2) is 9.78 Å². The lowest BCUT2D eigenvalue weighted by Crippen LogP contribution is -2.23. The zero-order valence-electron chi connectivity index (χ0n) is 18.9. The molecule has 1 aliphatic heterocycles. The number of aromatic nitrogens is 2. The van der Waals surface area contributed by atoms with Gasteiger partial charge in [0.25, 0.3) is 5.56 Å². The second-order valence-corrected chi connectivity index (χ2v) is 7.71. The number of aromatic carboxylic acids is 1. The average Bonchev–Trinajstić information content (AvgIpc) is 3.39. The topological polar surface area (TPSA) is 129 Å². The van der Waals surface area contributed by atoms with Crippen molar-refractivity contribution >= 4 is 23.1 Å². The van der Waals surface area contributed by atoms with Crippen LogP contribution in [0.5, 0.6) is 0 Å². The number of aryl methyl sites for hydroxylation is 1. The predicted octanol–water partition coefficient (Wildman–Crippen LogP) is 3.58. The monoisotopic (exact) mass is 449 g/mol. The van der Waals surface area contributed by atoms with E-state index in [1.165, 1.54) is 23.3 Å². The van der Waals surface area contributed by atoms with E-state index in [4.69, 9.17) is 4.74 Å². The highest BCUT2D eigenvalue weighted by molar-refractivity contribution is 5.94. The van der Waals surface area contributed by atoms with E-state index in [9.17, 15) is 20.0 Å². The maximum atomic E-state index is 12.7. The van der Waals surface area contributed by atoms with Crippen LogP contribution in [0.2, 0.25) is 0 Å². The number of carbonyl (C=O) groups is 1. The molecular weight excluding hydrogens is 422 g/mol. The maximum Gasteiger partial charge on any atom is 0.337 e. The highest BCUT2D eigenvalue weighted by Gasteiger charge is 2.19. The van der Waals surface area contributed by atoms with Gasteiger partial charge in [-0.3, -0.25) is 9.20 Å². The first-order chi connectivity index (χ1) is 15.9. The summed E-state index contributed by atoms with van der Waals surface area (Å²) in [6.07, 6.45) is 4.19. The molecule has 1 aliphatic rings. The van der Waals surface area contributed by atoms with Crippen molar-refractivity contribution in [2.24, 2.45) is 0 Å². The number of nitriles is 1. The van der Waals surface area contributed by atoms with Crippen molar-refractivity contribution < 1.29 is 14.6 Å². The molecule has 3 aromatic rings. The highest BCUT2D eigenvalue weighted by Crippen LogP contribution is 2.26. The molecule has 4 rings (SSSR count). The van der Waals surface area contributed by atoms with Crippen LogP contribution >= 0.6 is 0 Å². The number of fused-ring (bicyclic) bond motifs is 1. The van der Waals surface area contributed by atoms with Crippen molar-refractivity contribution in [3.8, 4) is 6.07 Å². The Labute approximate surface area is 191 Å². The minimum absolute atomic E-state index is 0.0617. The number of ether oxygens (including phenoxy) is 1. The van der Waals surface area contributed by atoms with Gasteiger partial charge in [0.05, 0.1) is 11.6 Å². The van der Waals surface area contributed by atoms with E-state index in [2.05, 4.69) is 15.6 Å². The van der Waals surface area contributed by atoms with E-state index >= 15 is 0 Å². The van der Waals surface area contributed by atoms with Crippen molar-refractivity contribution in [3.63, 3.8) is 0 Å². The van der Waals surface area contributed by atoms with Crippen LogP contribution in [0.1, 0.15) is 52.9 Å². The first kappa shape index (κ1) is 23.8. The summed E-state index contributed by atoms with van der Waals surface area (Å²) in [6, 6.07) is 10.0. The third kappa shape index (κ3) is 5.30. The number of carboxylic acid groups (broad SMARTS) is 1. The van der Waals surface area contributed by atoms with Crippen molar-refractivity contribution in [2.45, 2.75) is 32.7 Å². The summed E-state index contributed by atoms with van der Waals surface area (Å²) in [7, 11) is 1.60. The first-order valence-corrected chi connectivity index (χ1v) is 10.7. The van der Waals surface area contributed by atoms with Crippen LogP contribution in [0.4, 0.5) is 11.5 Å². The SMILES string of the molecule is C1CCOC1.CNc1nc2c(C(C)Nc3ccccc3C(=O)O)cc(C)cn2c(=O)c1C#N.